The van der Waals surface area contributed by atoms with Gasteiger partial charge in [0.15, 0.2) is 0 Å². The molecule has 0 saturated carbocycles. The van der Waals surface area contributed by atoms with Crippen molar-refractivity contribution in [2.45, 2.75) is 26.9 Å². The predicted octanol–water partition coefficient (Wildman–Crippen LogP) is 3.03. The van der Waals surface area contributed by atoms with E-state index in [-0.39, 0.29) is 12.5 Å². The van der Waals surface area contributed by atoms with E-state index < -0.39 is 0 Å². The average Bonchev–Trinajstić information content (AvgIpc) is 2.40. The highest BCUT2D eigenvalue weighted by molar-refractivity contribution is 5.99. The number of aliphatic hydroxyl groups is 1. The van der Waals surface area contributed by atoms with Gasteiger partial charge in [-0.15, -0.1) is 0 Å². The van der Waals surface area contributed by atoms with Crippen molar-refractivity contribution in [3.8, 4) is 0 Å². The zero-order valence-electron chi connectivity index (χ0n) is 10.8. The van der Waals surface area contributed by atoms with Crippen molar-refractivity contribution in [3.63, 3.8) is 0 Å². The van der Waals surface area contributed by atoms with Gasteiger partial charge in [-0.2, -0.15) is 0 Å². The minimum Gasteiger partial charge on any atom is -0.392 e. The van der Waals surface area contributed by atoms with Crippen LogP contribution < -0.4 is 5.32 Å². The van der Waals surface area contributed by atoms with Gasteiger partial charge in [0.1, 0.15) is 0 Å². The van der Waals surface area contributed by atoms with E-state index in [1.807, 2.05) is 26.0 Å². The van der Waals surface area contributed by atoms with Crippen molar-refractivity contribution in [1.82, 2.24) is 0 Å². The van der Waals surface area contributed by atoms with Crippen molar-refractivity contribution in [1.29, 1.82) is 0 Å². The molecule has 0 aliphatic carbocycles. The molecule has 1 aromatic carbocycles. The summed E-state index contributed by atoms with van der Waals surface area (Å²) in [5.74, 6) is -0.169. The molecule has 18 heavy (non-hydrogen) atoms. The van der Waals surface area contributed by atoms with Gasteiger partial charge < -0.3 is 10.4 Å². The molecule has 0 fully saturated rings. The number of rotatable bonds is 5. The second-order valence-corrected chi connectivity index (χ2v) is 3.90. The minimum absolute atomic E-state index is 0.0297. The van der Waals surface area contributed by atoms with Crippen molar-refractivity contribution < 1.29 is 9.90 Å². The summed E-state index contributed by atoms with van der Waals surface area (Å²) < 4.78 is 0. The maximum Gasteiger partial charge on any atom is 0.248 e. The van der Waals surface area contributed by atoms with Gasteiger partial charge in [-0.1, -0.05) is 36.8 Å². The second-order valence-electron chi connectivity index (χ2n) is 3.90. The Morgan fingerprint density at radius 2 is 2.17 bits per heavy atom. The molecule has 1 rings (SSSR count). The number of carbonyl (C=O) groups excluding carboxylic acids is 1. The molecule has 1 amide bonds. The molecule has 1 aromatic rings. The highest BCUT2D eigenvalue weighted by Crippen LogP contribution is 2.10. The summed E-state index contributed by atoms with van der Waals surface area (Å²) in [6.45, 7) is 3.96. The van der Waals surface area contributed by atoms with E-state index in [4.69, 9.17) is 5.11 Å². The molecule has 2 N–H and O–H groups in total. The molecule has 0 radical (unpaired) electrons. The fraction of sp³-hybridized carbons (Fsp3) is 0.267. The van der Waals surface area contributed by atoms with E-state index in [2.05, 4.69) is 5.32 Å². The van der Waals surface area contributed by atoms with Crippen molar-refractivity contribution >= 4 is 11.6 Å². The van der Waals surface area contributed by atoms with E-state index >= 15 is 0 Å². The lowest BCUT2D eigenvalue weighted by molar-refractivity contribution is -0.111. The van der Waals surface area contributed by atoms with Crippen LogP contribution >= 0.6 is 0 Å². The lowest BCUT2D eigenvalue weighted by Crippen LogP contribution is -2.08. The Morgan fingerprint density at radius 1 is 1.39 bits per heavy atom. The fourth-order valence-electron chi connectivity index (χ4n) is 1.53. The summed E-state index contributed by atoms with van der Waals surface area (Å²) in [6, 6.07) is 7.15. The van der Waals surface area contributed by atoms with E-state index in [1.54, 1.807) is 24.3 Å². The van der Waals surface area contributed by atoms with E-state index in [9.17, 15) is 4.79 Å². The number of aliphatic hydroxyl groups excluding tert-OH is 1. The van der Waals surface area contributed by atoms with Crippen LogP contribution in [0.5, 0.6) is 0 Å². The van der Waals surface area contributed by atoms with Crippen LogP contribution in [0.1, 0.15) is 25.8 Å². The first-order valence-electron chi connectivity index (χ1n) is 6.03. The van der Waals surface area contributed by atoms with Crippen LogP contribution in [0.3, 0.4) is 0 Å². The monoisotopic (exact) mass is 245 g/mol. The zero-order valence-corrected chi connectivity index (χ0v) is 10.8. The normalized spacial score (nSPS) is 11.8. The third-order valence-corrected chi connectivity index (χ3v) is 2.60. The number of allylic oxidation sites excluding steroid dienone is 3. The van der Waals surface area contributed by atoms with Gasteiger partial charge in [0.25, 0.3) is 0 Å². The van der Waals surface area contributed by atoms with E-state index in [0.717, 1.165) is 17.6 Å². The lowest BCUT2D eigenvalue weighted by atomic mass is 10.2. The number of hydrogen-bond acceptors (Lipinski definition) is 2. The molecule has 0 heterocycles. The van der Waals surface area contributed by atoms with Gasteiger partial charge in [0.2, 0.25) is 5.91 Å². The van der Waals surface area contributed by atoms with E-state index in [0.29, 0.717) is 5.69 Å². The Bertz CT molecular complexity index is 461. The topological polar surface area (TPSA) is 49.3 Å². The van der Waals surface area contributed by atoms with Gasteiger partial charge in [-0.25, -0.2) is 0 Å². The van der Waals surface area contributed by atoms with E-state index in [1.165, 1.54) is 6.08 Å². The lowest BCUT2D eigenvalue weighted by Gasteiger charge is -2.04. The van der Waals surface area contributed by atoms with Crippen LogP contribution in [-0.2, 0) is 11.4 Å². The standard InChI is InChI=1S/C15H19NO2/c1-3-12(4-2)8-9-15(18)16-14-7-5-6-13(10-14)11-17/h3,5-10,17H,4,11H2,1-2H3,(H,16,18)/b9-8+,12-3-. The van der Waals surface area contributed by atoms with Crippen LogP contribution in [-0.4, -0.2) is 11.0 Å². The first-order chi connectivity index (χ1) is 8.69. The number of carbonyl (C=O) groups is 1. The predicted molar refractivity (Wildman–Crippen MR) is 74.2 cm³/mol. The molecule has 0 saturated heterocycles. The maximum atomic E-state index is 11.7. The molecule has 0 aliphatic heterocycles. The van der Waals surface area contributed by atoms with Crippen LogP contribution in [0.15, 0.2) is 48.1 Å². The first kappa shape index (κ1) is 14.2. The van der Waals surface area contributed by atoms with Gasteiger partial charge >= 0.3 is 0 Å². The van der Waals surface area contributed by atoms with Crippen molar-refractivity contribution in [3.05, 3.63) is 53.6 Å². The van der Waals surface area contributed by atoms with Crippen molar-refractivity contribution in [2.24, 2.45) is 0 Å². The van der Waals surface area contributed by atoms with Gasteiger partial charge in [-0.05, 0) is 31.0 Å². The molecule has 0 bridgehead atoms. The van der Waals surface area contributed by atoms with Crippen LogP contribution in [0.4, 0.5) is 5.69 Å². The van der Waals surface area contributed by atoms with Crippen LogP contribution in [0.25, 0.3) is 0 Å². The quantitative estimate of drug-likeness (QED) is 0.619. The smallest absolute Gasteiger partial charge is 0.248 e. The molecule has 96 valence electrons. The third-order valence-electron chi connectivity index (χ3n) is 2.60. The van der Waals surface area contributed by atoms with Crippen LogP contribution in [0, 0.1) is 0 Å². The third kappa shape index (κ3) is 4.55. The minimum atomic E-state index is -0.169. The number of hydrogen-bond donors (Lipinski definition) is 2. The SMILES string of the molecule is C/C=C(\C=C\C(=O)Nc1cccc(CO)c1)CC. The zero-order chi connectivity index (χ0) is 13.4. The maximum absolute atomic E-state index is 11.7. The molecule has 0 atom stereocenters. The summed E-state index contributed by atoms with van der Waals surface area (Å²) in [5, 5.41) is 11.8. The molecule has 0 unspecified atom stereocenters. The first-order valence-corrected chi connectivity index (χ1v) is 6.03. The fourth-order valence-corrected chi connectivity index (χ4v) is 1.53. The van der Waals surface area contributed by atoms with Gasteiger partial charge in [0, 0.05) is 11.8 Å². The number of benzene rings is 1. The average molecular weight is 245 g/mol. The van der Waals surface area contributed by atoms with Crippen LogP contribution in [0.2, 0.25) is 0 Å². The molecule has 0 aliphatic rings. The summed E-state index contributed by atoms with van der Waals surface area (Å²) in [6.07, 6.45) is 6.21. The van der Waals surface area contributed by atoms with Gasteiger partial charge in [-0.3, -0.25) is 4.79 Å². The molecule has 0 spiro atoms. The summed E-state index contributed by atoms with van der Waals surface area (Å²) in [4.78, 5) is 11.7. The molecular formula is C15H19NO2. The number of nitrogens with one attached hydrogen (secondary N) is 1. The summed E-state index contributed by atoms with van der Waals surface area (Å²) in [7, 11) is 0. The Labute approximate surface area is 108 Å². The molecular weight excluding hydrogens is 226 g/mol. The number of anilines is 1. The Morgan fingerprint density at radius 3 is 2.78 bits per heavy atom. The Kier molecular flexibility index (Phi) is 5.88. The molecule has 0 aromatic heterocycles. The summed E-state index contributed by atoms with van der Waals surface area (Å²) >= 11 is 0. The Hall–Kier alpha value is -1.87. The second kappa shape index (κ2) is 7.45. The van der Waals surface area contributed by atoms with Crippen molar-refractivity contribution in [2.75, 3.05) is 5.32 Å². The summed E-state index contributed by atoms with van der Waals surface area (Å²) in [5.41, 5.74) is 2.59. The molecule has 3 nitrogen and oxygen atoms in total. The van der Waals surface area contributed by atoms with Gasteiger partial charge in [0.05, 0.1) is 6.61 Å². The highest BCUT2D eigenvalue weighted by Gasteiger charge is 1.99. The molecule has 3 heteroatoms. The highest BCUT2D eigenvalue weighted by atomic mass is 16.3. The number of amides is 1. The largest absolute Gasteiger partial charge is 0.392 e. The Balaban J connectivity index is 2.64.